The number of aldehydes is 1. The Hall–Kier alpha value is -0.860. The molecule has 0 fully saturated rings. The van der Waals surface area contributed by atoms with Gasteiger partial charge in [-0.05, 0) is 18.2 Å². The maximum absolute atomic E-state index is 10.4. The highest BCUT2D eigenvalue weighted by Gasteiger charge is 2.11. The molecule has 1 rings (SSSR count). The molecule has 1 aromatic rings. The van der Waals surface area contributed by atoms with Crippen LogP contribution in [0.15, 0.2) is 24.3 Å². The molecule has 2 nitrogen and oxygen atoms in total. The molecule has 3 heteroatoms. The first-order valence-corrected chi connectivity index (χ1v) is 4.55. The van der Waals surface area contributed by atoms with E-state index in [1.807, 2.05) is 24.3 Å². The van der Waals surface area contributed by atoms with Crippen molar-refractivity contribution in [3.63, 3.8) is 0 Å². The lowest BCUT2D eigenvalue weighted by atomic mass is 9.96. The average molecular weight is 198 g/mol. The summed E-state index contributed by atoms with van der Waals surface area (Å²) in [6.07, 6.45) is 1.31. The molecule has 0 spiro atoms. The van der Waals surface area contributed by atoms with Crippen LogP contribution in [0.25, 0.3) is 0 Å². The van der Waals surface area contributed by atoms with Gasteiger partial charge >= 0.3 is 0 Å². The maximum Gasteiger partial charge on any atom is 0.120 e. The summed E-state index contributed by atoms with van der Waals surface area (Å²) in [5.74, 6) is 0.0474. The Morgan fingerprint density at radius 1 is 1.46 bits per heavy atom. The van der Waals surface area contributed by atoms with Crippen LogP contribution in [-0.4, -0.2) is 12.8 Å². The summed E-state index contributed by atoms with van der Waals surface area (Å²) in [7, 11) is 0. The molecule has 0 aliphatic heterocycles. The fourth-order valence-corrected chi connectivity index (χ4v) is 1.56. The van der Waals surface area contributed by atoms with Crippen molar-refractivity contribution in [1.29, 1.82) is 0 Å². The Kier molecular flexibility index (Phi) is 3.93. The highest BCUT2D eigenvalue weighted by molar-refractivity contribution is 6.31. The van der Waals surface area contributed by atoms with Crippen molar-refractivity contribution in [2.24, 2.45) is 5.73 Å². The highest BCUT2D eigenvalue weighted by Crippen LogP contribution is 2.25. The summed E-state index contributed by atoms with van der Waals surface area (Å²) >= 11 is 5.96. The van der Waals surface area contributed by atoms with Gasteiger partial charge in [0.2, 0.25) is 0 Å². The van der Waals surface area contributed by atoms with Crippen molar-refractivity contribution in [2.75, 3.05) is 6.54 Å². The summed E-state index contributed by atoms with van der Waals surface area (Å²) < 4.78 is 0. The Bertz CT molecular complexity index is 288. The molecule has 0 unspecified atom stereocenters. The molecule has 0 bridgehead atoms. The molecule has 0 heterocycles. The Morgan fingerprint density at radius 3 is 2.69 bits per heavy atom. The van der Waals surface area contributed by atoms with Gasteiger partial charge in [0.25, 0.3) is 0 Å². The number of hydrogen-bond donors (Lipinski definition) is 1. The molecule has 0 aliphatic rings. The van der Waals surface area contributed by atoms with Crippen LogP contribution >= 0.6 is 11.6 Å². The van der Waals surface area contributed by atoms with E-state index in [1.54, 1.807) is 0 Å². The minimum Gasteiger partial charge on any atom is -0.330 e. The fraction of sp³-hybridized carbons (Fsp3) is 0.300. The maximum atomic E-state index is 10.4. The van der Waals surface area contributed by atoms with E-state index < -0.39 is 0 Å². The van der Waals surface area contributed by atoms with Crippen molar-refractivity contribution in [3.8, 4) is 0 Å². The van der Waals surface area contributed by atoms with Gasteiger partial charge in [0.1, 0.15) is 6.29 Å². The monoisotopic (exact) mass is 197 g/mol. The summed E-state index contributed by atoms with van der Waals surface area (Å²) in [4.78, 5) is 10.4. The van der Waals surface area contributed by atoms with Crippen molar-refractivity contribution in [3.05, 3.63) is 34.9 Å². The van der Waals surface area contributed by atoms with E-state index >= 15 is 0 Å². The van der Waals surface area contributed by atoms with Crippen LogP contribution in [0.5, 0.6) is 0 Å². The molecule has 0 aromatic heterocycles. The first kappa shape index (κ1) is 10.2. The van der Waals surface area contributed by atoms with E-state index in [1.165, 1.54) is 0 Å². The van der Waals surface area contributed by atoms with Crippen LogP contribution in [0, 0.1) is 0 Å². The lowest BCUT2D eigenvalue weighted by Gasteiger charge is -2.12. The van der Waals surface area contributed by atoms with E-state index in [4.69, 9.17) is 17.3 Å². The number of nitrogens with two attached hydrogens (primary N) is 1. The normalized spacial score (nSPS) is 12.5. The van der Waals surface area contributed by atoms with Gasteiger partial charge in [0.05, 0.1) is 0 Å². The lowest BCUT2D eigenvalue weighted by Crippen LogP contribution is -2.13. The summed E-state index contributed by atoms with van der Waals surface area (Å²) in [5, 5.41) is 0.680. The van der Waals surface area contributed by atoms with E-state index in [0.717, 1.165) is 11.8 Å². The zero-order valence-electron chi connectivity index (χ0n) is 7.24. The number of benzene rings is 1. The predicted molar refractivity (Wildman–Crippen MR) is 53.9 cm³/mol. The SMILES string of the molecule is NC[C@@H](CC=O)c1ccccc1Cl. The molecule has 1 atom stereocenters. The van der Waals surface area contributed by atoms with Crippen LogP contribution in [0.1, 0.15) is 17.9 Å². The second kappa shape index (κ2) is 5.00. The summed E-state index contributed by atoms with van der Waals surface area (Å²) in [6, 6.07) is 7.47. The van der Waals surface area contributed by atoms with Crippen LogP contribution in [0.4, 0.5) is 0 Å². The Balaban J connectivity index is 2.90. The molecule has 0 saturated heterocycles. The van der Waals surface area contributed by atoms with E-state index in [0.29, 0.717) is 18.0 Å². The third-order valence-corrected chi connectivity index (χ3v) is 2.35. The molecular formula is C10H12ClNO. The quantitative estimate of drug-likeness (QED) is 0.750. The van der Waals surface area contributed by atoms with Crippen molar-refractivity contribution in [2.45, 2.75) is 12.3 Å². The van der Waals surface area contributed by atoms with Gasteiger partial charge in [0, 0.05) is 17.4 Å². The van der Waals surface area contributed by atoms with E-state index in [-0.39, 0.29) is 5.92 Å². The van der Waals surface area contributed by atoms with E-state index in [2.05, 4.69) is 0 Å². The molecule has 0 aliphatic carbocycles. The molecular weight excluding hydrogens is 186 g/mol. The van der Waals surface area contributed by atoms with Crippen LogP contribution in [0.2, 0.25) is 5.02 Å². The second-order valence-corrected chi connectivity index (χ2v) is 3.26. The molecule has 1 aromatic carbocycles. The number of carbonyl (C=O) groups excluding carboxylic acids is 1. The van der Waals surface area contributed by atoms with Gasteiger partial charge in [-0.1, -0.05) is 29.8 Å². The van der Waals surface area contributed by atoms with Crippen molar-refractivity contribution >= 4 is 17.9 Å². The lowest BCUT2D eigenvalue weighted by molar-refractivity contribution is -0.108. The van der Waals surface area contributed by atoms with Crippen LogP contribution in [0.3, 0.4) is 0 Å². The molecule has 0 amide bonds. The smallest absolute Gasteiger partial charge is 0.120 e. The van der Waals surface area contributed by atoms with Crippen molar-refractivity contribution < 1.29 is 4.79 Å². The van der Waals surface area contributed by atoms with Gasteiger partial charge in [-0.25, -0.2) is 0 Å². The first-order valence-electron chi connectivity index (χ1n) is 4.17. The van der Waals surface area contributed by atoms with Gasteiger partial charge < -0.3 is 10.5 Å². The van der Waals surface area contributed by atoms with Gasteiger partial charge in [-0.15, -0.1) is 0 Å². The Labute approximate surface area is 82.7 Å². The largest absolute Gasteiger partial charge is 0.330 e. The first-order chi connectivity index (χ1) is 6.29. The van der Waals surface area contributed by atoms with Gasteiger partial charge in [-0.2, -0.15) is 0 Å². The highest BCUT2D eigenvalue weighted by atomic mass is 35.5. The number of rotatable bonds is 4. The minimum absolute atomic E-state index is 0.0474. The molecule has 13 heavy (non-hydrogen) atoms. The van der Waals surface area contributed by atoms with Crippen LogP contribution < -0.4 is 5.73 Å². The molecule has 2 N–H and O–H groups in total. The topological polar surface area (TPSA) is 43.1 Å². The predicted octanol–water partition coefficient (Wildman–Crippen LogP) is 1.97. The third kappa shape index (κ3) is 2.54. The minimum atomic E-state index is 0.0474. The third-order valence-electron chi connectivity index (χ3n) is 2.01. The average Bonchev–Trinajstić information content (AvgIpc) is 2.16. The second-order valence-electron chi connectivity index (χ2n) is 2.86. The number of halogens is 1. The molecule has 0 saturated carbocycles. The summed E-state index contributed by atoms with van der Waals surface area (Å²) in [6.45, 7) is 0.447. The van der Waals surface area contributed by atoms with Gasteiger partial charge in [-0.3, -0.25) is 0 Å². The Morgan fingerprint density at radius 2 is 2.15 bits per heavy atom. The number of hydrogen-bond acceptors (Lipinski definition) is 2. The molecule has 70 valence electrons. The van der Waals surface area contributed by atoms with Gasteiger partial charge in [0.15, 0.2) is 0 Å². The van der Waals surface area contributed by atoms with Crippen molar-refractivity contribution in [1.82, 2.24) is 0 Å². The zero-order chi connectivity index (χ0) is 9.68. The standard InChI is InChI=1S/C10H12ClNO/c11-10-4-2-1-3-9(10)8(7-12)5-6-13/h1-4,6,8H,5,7,12H2/t8-/m1/s1. The number of carbonyl (C=O) groups is 1. The molecule has 0 radical (unpaired) electrons. The zero-order valence-corrected chi connectivity index (χ0v) is 8.00. The summed E-state index contributed by atoms with van der Waals surface area (Å²) in [5.41, 5.74) is 6.50. The van der Waals surface area contributed by atoms with Crippen LogP contribution in [-0.2, 0) is 4.79 Å². The fourth-order valence-electron chi connectivity index (χ4n) is 1.27. The van der Waals surface area contributed by atoms with E-state index in [9.17, 15) is 4.79 Å².